The highest BCUT2D eigenvalue weighted by Crippen LogP contribution is 2.30. The van der Waals surface area contributed by atoms with Crippen LogP contribution in [0.4, 0.5) is 10.6 Å². The molecule has 7 heteroatoms. The van der Waals surface area contributed by atoms with E-state index in [1.54, 1.807) is 13.1 Å². The Balaban J connectivity index is 1.76. The highest BCUT2D eigenvalue weighted by molar-refractivity contribution is 8.15. The molecule has 1 unspecified atom stereocenters. The Morgan fingerprint density at radius 3 is 2.76 bits per heavy atom. The van der Waals surface area contributed by atoms with E-state index in [-0.39, 0.29) is 48.1 Å². The van der Waals surface area contributed by atoms with Crippen LogP contribution in [0, 0.1) is 13.8 Å². The van der Waals surface area contributed by atoms with Gasteiger partial charge in [0, 0.05) is 19.8 Å². The minimum atomic E-state index is -0.638. The molecule has 0 bridgehead atoms. The molecule has 0 saturated carbocycles. The predicted octanol–water partition coefficient (Wildman–Crippen LogP) is 3.84. The van der Waals surface area contributed by atoms with Crippen molar-refractivity contribution < 1.29 is 18.4 Å². The van der Waals surface area contributed by atoms with Crippen LogP contribution in [-0.4, -0.2) is 53.0 Å². The summed E-state index contributed by atoms with van der Waals surface area (Å²) in [5.41, 5.74) is 1.97. The molecule has 0 N–H and O–H groups in total. The number of imide groups is 1. The number of thioether (sulfide) groups is 1. The predicted molar refractivity (Wildman–Crippen MR) is 117 cm³/mol. The summed E-state index contributed by atoms with van der Waals surface area (Å²) >= 11 is 0.918. The van der Waals surface area contributed by atoms with Gasteiger partial charge in [-0.2, -0.15) is 0 Å². The van der Waals surface area contributed by atoms with Gasteiger partial charge in [0.25, 0.3) is 5.24 Å². The molecule has 1 saturated heterocycles. The zero-order chi connectivity index (χ0) is 23.6. The van der Waals surface area contributed by atoms with Crippen LogP contribution >= 0.6 is 11.8 Å². The summed E-state index contributed by atoms with van der Waals surface area (Å²) < 4.78 is 31.1. The smallest absolute Gasteiger partial charge is 0.288 e. The number of aryl methyl sites for hydroxylation is 1. The van der Waals surface area contributed by atoms with E-state index in [0.29, 0.717) is 17.7 Å². The van der Waals surface area contributed by atoms with E-state index in [9.17, 15) is 9.59 Å². The summed E-state index contributed by atoms with van der Waals surface area (Å²) in [7, 11) is 1.43. The van der Waals surface area contributed by atoms with Gasteiger partial charge in [-0.3, -0.25) is 14.5 Å². The fraction of sp³-hybridized carbons (Fsp3) is 0.409. The Hall–Kier alpha value is -2.54. The van der Waals surface area contributed by atoms with Crippen molar-refractivity contribution in [2.24, 2.45) is 0 Å². The molecule has 154 valence electrons. The molecule has 0 spiro atoms. The standard InChI is InChI=1S/C22H27N3O3S/c1-5-25(20-15(2)7-6-10-23-20)11-12-28-18-9-8-17(16(3)13-18)14-19-21(26)24(4)22(27)29-19/h6-10,13,19H,5,11-12,14H2,1-4H3/i8D,9D,13D. The number of aromatic nitrogens is 1. The molecule has 6 nitrogen and oxygen atoms in total. The molecule has 1 aliphatic heterocycles. The van der Waals surface area contributed by atoms with E-state index in [0.717, 1.165) is 34.6 Å². The second-order valence-electron chi connectivity index (χ2n) is 6.85. The van der Waals surface area contributed by atoms with Gasteiger partial charge in [0.2, 0.25) is 5.91 Å². The number of nitrogens with zero attached hydrogens (tertiary/aromatic N) is 3. The van der Waals surface area contributed by atoms with Crippen LogP contribution in [-0.2, 0) is 11.2 Å². The maximum Gasteiger partial charge on any atom is 0.288 e. The largest absolute Gasteiger partial charge is 0.492 e. The highest BCUT2D eigenvalue weighted by Gasteiger charge is 2.37. The molecule has 2 amide bonds. The van der Waals surface area contributed by atoms with E-state index in [1.165, 1.54) is 7.05 Å². The third kappa shape index (κ3) is 4.90. The molecular formula is C22H27N3O3S. The molecule has 29 heavy (non-hydrogen) atoms. The fourth-order valence-corrected chi connectivity index (χ4v) is 4.13. The molecule has 1 aromatic heterocycles. The van der Waals surface area contributed by atoms with Gasteiger partial charge in [0.1, 0.15) is 18.2 Å². The number of pyridine rings is 1. The summed E-state index contributed by atoms with van der Waals surface area (Å²) in [6.07, 6.45) is 1.87. The molecule has 0 aliphatic carbocycles. The maximum atomic E-state index is 12.2. The summed E-state index contributed by atoms with van der Waals surface area (Å²) in [5.74, 6) is 0.604. The molecule has 1 atom stereocenters. The average molecular weight is 417 g/mol. The molecule has 1 fully saturated rings. The van der Waals surface area contributed by atoms with Crippen molar-refractivity contribution in [2.75, 3.05) is 31.6 Å². The van der Waals surface area contributed by atoms with Crippen molar-refractivity contribution in [1.29, 1.82) is 0 Å². The van der Waals surface area contributed by atoms with E-state index >= 15 is 0 Å². The van der Waals surface area contributed by atoms with Gasteiger partial charge in [-0.25, -0.2) is 4.98 Å². The van der Waals surface area contributed by atoms with Crippen LogP contribution in [0.1, 0.15) is 27.7 Å². The number of likely N-dealkylation sites (N-methyl/N-ethyl adjacent to an activating group) is 1. The molecule has 1 aliphatic rings. The third-order valence-corrected chi connectivity index (χ3v) is 5.99. The molecular weight excluding hydrogens is 386 g/mol. The fourth-order valence-electron chi connectivity index (χ4n) is 3.13. The average Bonchev–Trinajstić information content (AvgIpc) is 3.02. The lowest BCUT2D eigenvalue weighted by atomic mass is 10.0. The first-order chi connectivity index (χ1) is 15.2. The Labute approximate surface area is 180 Å². The van der Waals surface area contributed by atoms with Crippen molar-refractivity contribution in [1.82, 2.24) is 9.88 Å². The lowest BCUT2D eigenvalue weighted by molar-refractivity contribution is -0.125. The molecule has 1 aromatic carbocycles. The van der Waals surface area contributed by atoms with Gasteiger partial charge in [-0.1, -0.05) is 23.9 Å². The minimum Gasteiger partial charge on any atom is -0.492 e. The lowest BCUT2D eigenvalue weighted by Gasteiger charge is -2.23. The van der Waals surface area contributed by atoms with E-state index in [2.05, 4.69) is 9.88 Å². The number of benzene rings is 1. The zero-order valence-corrected chi connectivity index (χ0v) is 17.9. The van der Waals surface area contributed by atoms with Gasteiger partial charge >= 0.3 is 0 Å². The SMILES string of the molecule is [2H]c1c([2H])c(OCCN(CC)c2ncccc2C)c([2H])c(C)c1CC1SC(=O)N(C)C1=O. The Kier molecular flexibility index (Phi) is 5.56. The quantitative estimate of drug-likeness (QED) is 0.652. The van der Waals surface area contributed by atoms with Crippen molar-refractivity contribution in [3.8, 4) is 5.75 Å². The topological polar surface area (TPSA) is 62.7 Å². The third-order valence-electron chi connectivity index (χ3n) is 4.86. The Morgan fingerprint density at radius 1 is 1.31 bits per heavy atom. The number of amides is 2. The Bertz CT molecular complexity index is 1020. The second-order valence-corrected chi connectivity index (χ2v) is 8.01. The first-order valence-electron chi connectivity index (χ1n) is 11.0. The van der Waals surface area contributed by atoms with E-state index in [4.69, 9.17) is 8.85 Å². The molecule has 0 radical (unpaired) electrons. The summed E-state index contributed by atoms with van der Waals surface area (Å²) in [6.45, 7) is 7.17. The Morgan fingerprint density at radius 2 is 2.10 bits per heavy atom. The van der Waals surface area contributed by atoms with Crippen molar-refractivity contribution in [2.45, 2.75) is 32.4 Å². The highest BCUT2D eigenvalue weighted by atomic mass is 32.2. The van der Waals surface area contributed by atoms with Gasteiger partial charge in [0.05, 0.1) is 15.9 Å². The summed E-state index contributed by atoms with van der Waals surface area (Å²) in [5, 5.41) is -0.967. The van der Waals surface area contributed by atoms with Gasteiger partial charge in [-0.15, -0.1) is 0 Å². The van der Waals surface area contributed by atoms with Crippen LogP contribution in [0.5, 0.6) is 5.75 Å². The monoisotopic (exact) mass is 416 g/mol. The number of anilines is 1. The second kappa shape index (κ2) is 9.31. The van der Waals surface area contributed by atoms with Crippen LogP contribution in [0.3, 0.4) is 0 Å². The number of carbonyl (C=O) groups excluding carboxylic acids is 2. The van der Waals surface area contributed by atoms with Crippen LogP contribution in [0.25, 0.3) is 0 Å². The van der Waals surface area contributed by atoms with Crippen LogP contribution in [0.2, 0.25) is 0 Å². The van der Waals surface area contributed by atoms with Crippen molar-refractivity contribution in [3.63, 3.8) is 0 Å². The molecule has 2 aromatic rings. The first kappa shape index (κ1) is 17.3. The normalized spacial score (nSPS) is 17.9. The van der Waals surface area contributed by atoms with Gasteiger partial charge in [0.15, 0.2) is 0 Å². The van der Waals surface area contributed by atoms with E-state index in [1.807, 2.05) is 26.0 Å². The minimum absolute atomic E-state index is 0.0354. The zero-order valence-electron chi connectivity index (χ0n) is 20.1. The maximum absolute atomic E-state index is 12.2. The van der Waals surface area contributed by atoms with Crippen LogP contribution < -0.4 is 9.64 Å². The van der Waals surface area contributed by atoms with Crippen molar-refractivity contribution >= 4 is 28.7 Å². The van der Waals surface area contributed by atoms with Crippen molar-refractivity contribution in [3.05, 3.63) is 53.1 Å². The number of hydrogen-bond donors (Lipinski definition) is 0. The number of ether oxygens (including phenoxy) is 1. The number of carbonyl (C=O) groups is 2. The summed E-state index contributed by atoms with van der Waals surface area (Å²) in [4.78, 5) is 31.6. The first-order valence-corrected chi connectivity index (χ1v) is 10.4. The summed E-state index contributed by atoms with van der Waals surface area (Å²) in [6, 6.07) is 3.66. The van der Waals surface area contributed by atoms with Gasteiger partial charge in [-0.05, 0) is 62.0 Å². The molecule has 3 rings (SSSR count). The lowest BCUT2D eigenvalue weighted by Crippen LogP contribution is -2.29. The van der Waals surface area contributed by atoms with Crippen LogP contribution in [0.15, 0.2) is 36.5 Å². The number of rotatable bonds is 8. The number of hydrogen-bond acceptors (Lipinski definition) is 6. The van der Waals surface area contributed by atoms with Gasteiger partial charge < -0.3 is 9.64 Å². The van der Waals surface area contributed by atoms with E-state index < -0.39 is 5.25 Å². The molecule has 2 heterocycles.